The molecule has 6 nitrogen and oxygen atoms in total. The van der Waals surface area contributed by atoms with Crippen LogP contribution in [0.2, 0.25) is 0 Å². The topological polar surface area (TPSA) is 78.1 Å². The van der Waals surface area contributed by atoms with Crippen molar-refractivity contribution in [3.05, 3.63) is 346 Å². The molecule has 0 saturated heterocycles. The summed E-state index contributed by atoms with van der Waals surface area (Å²) in [5.74, 6) is 0. The SMILES string of the molecule is c1ccc(-c2ccc(-c3ccccc3-c3cc(-c4ccccc4-c4ccc(-c5ccccn5)cc4-c4cccc5c4oc4ccccc45)cc(-c4ccccc4-c4ccc(-c5ccccn5)cc4-c4cccc5c4oc4ccccc45)c3)c(-c3cccc4c3oc3ccccc34)c2)nc1. The van der Waals surface area contributed by atoms with Gasteiger partial charge in [-0.2, -0.15) is 0 Å². The molecule has 6 heteroatoms. The van der Waals surface area contributed by atoms with E-state index in [0.29, 0.717) is 0 Å². The smallest absolute Gasteiger partial charge is 0.143 e. The van der Waals surface area contributed by atoms with Crippen LogP contribution in [0.4, 0.5) is 0 Å². The third kappa shape index (κ3) is 9.92. The monoisotopic (exact) mass is 1260 g/mol. The Labute approximate surface area is 570 Å². The second-order valence-corrected chi connectivity index (χ2v) is 25.2. The van der Waals surface area contributed by atoms with E-state index in [4.69, 9.17) is 28.2 Å². The van der Waals surface area contributed by atoms with Crippen LogP contribution in [0.1, 0.15) is 0 Å². The molecular weight excluding hydrogens is 1210 g/mol. The number of pyridine rings is 3. The zero-order chi connectivity index (χ0) is 65.3. The molecule has 0 aliphatic rings. The molecule has 0 spiro atoms. The van der Waals surface area contributed by atoms with E-state index in [2.05, 4.69) is 273 Å². The number of hydrogen-bond donors (Lipinski definition) is 0. The van der Waals surface area contributed by atoms with Crippen LogP contribution in [0.5, 0.6) is 0 Å². The van der Waals surface area contributed by atoms with Crippen molar-refractivity contribution in [2.24, 2.45) is 0 Å². The molecule has 0 N–H and O–H groups in total. The molecule has 0 radical (unpaired) electrons. The Hall–Kier alpha value is -13.3. The second-order valence-electron chi connectivity index (χ2n) is 25.2. The predicted octanol–water partition coefficient (Wildman–Crippen LogP) is 25.6. The number of para-hydroxylation sites is 6. The number of furan rings is 3. The Bertz CT molecular complexity index is 5740. The van der Waals surface area contributed by atoms with Gasteiger partial charge in [0, 0.05) is 84.3 Å². The van der Waals surface area contributed by atoms with Crippen LogP contribution < -0.4 is 0 Å². The fourth-order valence-electron chi connectivity index (χ4n) is 15.0. The minimum absolute atomic E-state index is 0.834. The lowest BCUT2D eigenvalue weighted by atomic mass is 9.83. The molecule has 0 amide bonds. The van der Waals surface area contributed by atoms with E-state index in [-0.39, 0.29) is 0 Å². The van der Waals surface area contributed by atoms with E-state index in [1.807, 2.05) is 73.2 Å². The molecule has 0 fully saturated rings. The molecule has 13 aromatic carbocycles. The minimum atomic E-state index is 0.834. The molecule has 0 atom stereocenters. The van der Waals surface area contributed by atoms with Crippen LogP contribution in [0, 0.1) is 0 Å². The molecule has 0 aliphatic heterocycles. The second kappa shape index (κ2) is 23.9. The first kappa shape index (κ1) is 57.2. The van der Waals surface area contributed by atoms with E-state index in [1.165, 1.54) is 0 Å². The molecule has 0 unspecified atom stereocenters. The summed E-state index contributed by atoms with van der Waals surface area (Å²) in [6.45, 7) is 0. The molecular formula is C93H57N3O3. The maximum absolute atomic E-state index is 6.88. The first-order valence-electron chi connectivity index (χ1n) is 33.4. The minimum Gasteiger partial charge on any atom is -0.455 e. The van der Waals surface area contributed by atoms with Crippen molar-refractivity contribution in [1.29, 1.82) is 0 Å². The summed E-state index contributed by atoms with van der Waals surface area (Å²) in [5, 5.41) is 6.42. The van der Waals surface area contributed by atoms with Gasteiger partial charge in [-0.15, -0.1) is 0 Å². The fraction of sp³-hybridized carbons (Fsp3) is 0. The summed E-state index contributed by atoms with van der Waals surface area (Å²) in [5.41, 5.74) is 29.5. The highest BCUT2D eigenvalue weighted by atomic mass is 16.3. The first-order chi connectivity index (χ1) is 49.1. The Balaban J connectivity index is 0.863. The fourth-order valence-corrected chi connectivity index (χ4v) is 15.0. The van der Waals surface area contributed by atoms with Crippen LogP contribution in [0.3, 0.4) is 0 Å². The van der Waals surface area contributed by atoms with E-state index < -0.39 is 0 Å². The summed E-state index contributed by atoms with van der Waals surface area (Å²) >= 11 is 0. The highest BCUT2D eigenvalue weighted by Gasteiger charge is 2.25. The zero-order valence-electron chi connectivity index (χ0n) is 53.5. The largest absolute Gasteiger partial charge is 0.455 e. The number of aromatic nitrogens is 3. The van der Waals surface area contributed by atoms with Crippen molar-refractivity contribution in [3.63, 3.8) is 0 Å². The molecule has 99 heavy (non-hydrogen) atoms. The zero-order valence-corrected chi connectivity index (χ0v) is 53.5. The maximum Gasteiger partial charge on any atom is 0.143 e. The number of fused-ring (bicyclic) bond motifs is 9. The first-order valence-corrected chi connectivity index (χ1v) is 33.4. The van der Waals surface area contributed by atoms with Crippen LogP contribution >= 0.6 is 0 Å². The predicted molar refractivity (Wildman–Crippen MR) is 407 cm³/mol. The van der Waals surface area contributed by atoms with Crippen molar-refractivity contribution >= 4 is 65.8 Å². The average Bonchev–Trinajstić information content (AvgIpc) is 1.75. The van der Waals surface area contributed by atoms with E-state index in [9.17, 15) is 0 Å². The van der Waals surface area contributed by atoms with Gasteiger partial charge in [-0.05, 0) is 174 Å². The molecule has 0 bridgehead atoms. The summed E-state index contributed by atoms with van der Waals surface area (Å²) < 4.78 is 20.6. The molecule has 0 saturated carbocycles. The normalized spacial score (nSPS) is 11.6. The third-order valence-electron chi connectivity index (χ3n) is 19.5. The quantitative estimate of drug-likeness (QED) is 0.121. The molecule has 6 aromatic heterocycles. The summed E-state index contributed by atoms with van der Waals surface area (Å²) in [6, 6.07) is 117. The number of rotatable bonds is 12. The lowest BCUT2D eigenvalue weighted by Crippen LogP contribution is -1.95. The summed E-state index contributed by atoms with van der Waals surface area (Å²) in [6.07, 6.45) is 5.58. The summed E-state index contributed by atoms with van der Waals surface area (Å²) in [4.78, 5) is 14.6. The van der Waals surface area contributed by atoms with Gasteiger partial charge >= 0.3 is 0 Å². The van der Waals surface area contributed by atoms with Crippen LogP contribution in [0.25, 0.3) is 200 Å². The Morgan fingerprint density at radius 1 is 0.162 bits per heavy atom. The van der Waals surface area contributed by atoms with Crippen molar-refractivity contribution in [3.8, 4) is 134 Å². The van der Waals surface area contributed by atoms with Crippen molar-refractivity contribution in [2.75, 3.05) is 0 Å². The molecule has 19 rings (SSSR count). The standard InChI is InChI=1S/C93H57N3O3/c1-4-25-67(70-46-43-58(85-37-13-16-49-94-85)55-82(70)79-34-19-31-76-73-28-7-10-40-88(73)97-91(76)79)64(22-1)61-52-62(65-23-2-5-26-68(65)71-47-44-59(86-38-14-17-50-95-86)56-83(71)80-35-20-32-77-74-29-8-11-41-89(74)98-92(77)80)54-63(53-61)66-24-3-6-27-69(66)72-48-45-60(87-39-15-18-51-96-87)57-84(72)81-36-21-33-78-75-30-9-12-42-90(75)99-93(78)81/h1-57H. The molecule has 6 heterocycles. The highest BCUT2D eigenvalue weighted by Crippen LogP contribution is 2.50. The van der Waals surface area contributed by atoms with Gasteiger partial charge in [0.05, 0.1) is 17.1 Å². The van der Waals surface area contributed by atoms with Crippen molar-refractivity contribution in [1.82, 2.24) is 15.0 Å². The van der Waals surface area contributed by atoms with Gasteiger partial charge in [-0.1, -0.05) is 237 Å². The summed E-state index contributed by atoms with van der Waals surface area (Å²) in [7, 11) is 0. The van der Waals surface area contributed by atoms with E-state index in [1.54, 1.807) is 0 Å². The highest BCUT2D eigenvalue weighted by molar-refractivity contribution is 6.15. The van der Waals surface area contributed by atoms with Crippen molar-refractivity contribution < 1.29 is 13.3 Å². The average molecular weight is 1260 g/mol. The van der Waals surface area contributed by atoms with Gasteiger partial charge in [-0.25, -0.2) is 0 Å². The molecule has 0 aliphatic carbocycles. The molecule has 462 valence electrons. The Kier molecular flexibility index (Phi) is 13.8. The van der Waals surface area contributed by atoms with Crippen LogP contribution in [-0.4, -0.2) is 15.0 Å². The number of hydrogen-bond acceptors (Lipinski definition) is 6. The maximum atomic E-state index is 6.88. The van der Waals surface area contributed by atoms with Gasteiger partial charge in [0.1, 0.15) is 33.5 Å². The van der Waals surface area contributed by atoms with Gasteiger partial charge in [-0.3, -0.25) is 15.0 Å². The number of nitrogens with zero attached hydrogens (tertiary/aromatic N) is 3. The third-order valence-corrected chi connectivity index (χ3v) is 19.5. The van der Waals surface area contributed by atoms with Crippen molar-refractivity contribution in [2.45, 2.75) is 0 Å². The van der Waals surface area contributed by atoms with Gasteiger partial charge in [0.2, 0.25) is 0 Å². The number of benzene rings is 13. The Morgan fingerprint density at radius 3 is 0.717 bits per heavy atom. The van der Waals surface area contributed by atoms with Crippen LogP contribution in [-0.2, 0) is 0 Å². The lowest BCUT2D eigenvalue weighted by molar-refractivity contribution is 0.669. The van der Waals surface area contributed by atoms with E-state index in [0.717, 1.165) is 200 Å². The van der Waals surface area contributed by atoms with Gasteiger partial charge in [0.15, 0.2) is 0 Å². The van der Waals surface area contributed by atoms with Gasteiger partial charge < -0.3 is 13.3 Å². The van der Waals surface area contributed by atoms with Crippen LogP contribution in [0.15, 0.2) is 359 Å². The molecule has 19 aromatic rings. The Morgan fingerprint density at radius 2 is 0.414 bits per heavy atom. The lowest BCUT2D eigenvalue weighted by Gasteiger charge is -2.21. The van der Waals surface area contributed by atoms with E-state index >= 15 is 0 Å². The van der Waals surface area contributed by atoms with Gasteiger partial charge in [0.25, 0.3) is 0 Å².